The molecule has 1 saturated carbocycles. The Morgan fingerprint density at radius 3 is 2.31 bits per heavy atom. The molecule has 0 aromatic carbocycles. The van der Waals surface area contributed by atoms with Gasteiger partial charge >= 0.3 is 0 Å². The monoisotopic (exact) mass is 181 g/mol. The molecular formula is C11H19NO. The molecule has 0 heterocycles. The summed E-state index contributed by atoms with van der Waals surface area (Å²) in [7, 11) is 0. The van der Waals surface area contributed by atoms with Gasteiger partial charge in [0, 0.05) is 11.1 Å². The van der Waals surface area contributed by atoms with Gasteiger partial charge in [-0.25, -0.2) is 0 Å². The summed E-state index contributed by atoms with van der Waals surface area (Å²) in [5, 5.41) is 3.05. The lowest BCUT2D eigenvalue weighted by molar-refractivity contribution is -0.118. The molecule has 0 atom stereocenters. The van der Waals surface area contributed by atoms with E-state index in [2.05, 4.69) is 19.2 Å². The minimum absolute atomic E-state index is 0.104. The van der Waals surface area contributed by atoms with Crippen molar-refractivity contribution in [1.29, 1.82) is 0 Å². The van der Waals surface area contributed by atoms with E-state index in [1.54, 1.807) is 0 Å². The molecule has 0 radical (unpaired) electrons. The van der Waals surface area contributed by atoms with Gasteiger partial charge in [-0.2, -0.15) is 0 Å². The molecule has 0 unspecified atom stereocenters. The molecular weight excluding hydrogens is 162 g/mol. The van der Waals surface area contributed by atoms with Crippen LogP contribution < -0.4 is 5.32 Å². The molecule has 1 aliphatic rings. The average molecular weight is 181 g/mol. The Hall–Kier alpha value is -0.790. The number of rotatable bonds is 3. The molecule has 1 rings (SSSR count). The fraction of sp³-hybridized carbons (Fsp3) is 0.727. The standard InChI is InChI=1S/C11H19NO/c1-5-8(2)9(3)10(13)12-11(4)6-7-11/h5-7H2,1-4H3,(H,12,13)/b9-8+. The number of amides is 1. The van der Waals surface area contributed by atoms with Crippen LogP contribution in [-0.4, -0.2) is 11.4 Å². The van der Waals surface area contributed by atoms with Crippen LogP contribution in [0.5, 0.6) is 0 Å². The van der Waals surface area contributed by atoms with Crippen molar-refractivity contribution in [3.05, 3.63) is 11.1 Å². The maximum Gasteiger partial charge on any atom is 0.247 e. The van der Waals surface area contributed by atoms with E-state index in [0.717, 1.165) is 24.8 Å². The van der Waals surface area contributed by atoms with Crippen LogP contribution in [0.4, 0.5) is 0 Å². The van der Waals surface area contributed by atoms with Gasteiger partial charge in [-0.15, -0.1) is 0 Å². The molecule has 0 saturated heterocycles. The van der Waals surface area contributed by atoms with E-state index in [9.17, 15) is 4.79 Å². The minimum Gasteiger partial charge on any atom is -0.347 e. The predicted octanol–water partition coefficient (Wildman–Crippen LogP) is 2.40. The van der Waals surface area contributed by atoms with Gasteiger partial charge in [-0.1, -0.05) is 12.5 Å². The first-order chi connectivity index (χ1) is 5.98. The third-order valence-electron chi connectivity index (χ3n) is 2.93. The van der Waals surface area contributed by atoms with E-state index in [1.807, 2.05) is 13.8 Å². The number of hydrogen-bond donors (Lipinski definition) is 1. The normalized spacial score (nSPS) is 20.6. The zero-order valence-corrected chi connectivity index (χ0v) is 9.03. The first-order valence-electron chi connectivity index (χ1n) is 4.97. The Labute approximate surface area is 80.4 Å². The Kier molecular flexibility index (Phi) is 2.79. The average Bonchev–Trinajstić information content (AvgIpc) is 2.80. The summed E-state index contributed by atoms with van der Waals surface area (Å²) in [6.45, 7) is 8.09. The van der Waals surface area contributed by atoms with Crippen LogP contribution in [0.15, 0.2) is 11.1 Å². The van der Waals surface area contributed by atoms with Crippen molar-refractivity contribution in [1.82, 2.24) is 5.32 Å². The van der Waals surface area contributed by atoms with Crippen molar-refractivity contribution >= 4 is 5.91 Å². The van der Waals surface area contributed by atoms with Crippen LogP contribution in [0, 0.1) is 0 Å². The van der Waals surface area contributed by atoms with Crippen molar-refractivity contribution < 1.29 is 4.79 Å². The van der Waals surface area contributed by atoms with Crippen LogP contribution in [0.3, 0.4) is 0 Å². The molecule has 0 aliphatic heterocycles. The van der Waals surface area contributed by atoms with Crippen molar-refractivity contribution in [3.8, 4) is 0 Å². The van der Waals surface area contributed by atoms with E-state index >= 15 is 0 Å². The zero-order chi connectivity index (χ0) is 10.1. The number of nitrogens with one attached hydrogen (secondary N) is 1. The van der Waals surface area contributed by atoms with E-state index in [1.165, 1.54) is 5.57 Å². The van der Waals surface area contributed by atoms with Gasteiger partial charge in [-0.05, 0) is 40.0 Å². The number of allylic oxidation sites excluding steroid dienone is 1. The van der Waals surface area contributed by atoms with Gasteiger partial charge in [0.2, 0.25) is 5.91 Å². The number of carbonyl (C=O) groups excluding carboxylic acids is 1. The minimum atomic E-state index is 0.104. The molecule has 0 bridgehead atoms. The first kappa shape index (κ1) is 10.3. The highest BCUT2D eigenvalue weighted by atomic mass is 16.1. The van der Waals surface area contributed by atoms with Crippen LogP contribution in [0.25, 0.3) is 0 Å². The molecule has 0 aromatic rings. The molecule has 1 N–H and O–H groups in total. The van der Waals surface area contributed by atoms with E-state index < -0.39 is 0 Å². The van der Waals surface area contributed by atoms with Crippen molar-refractivity contribution in [2.24, 2.45) is 0 Å². The zero-order valence-electron chi connectivity index (χ0n) is 9.03. The van der Waals surface area contributed by atoms with Crippen LogP contribution >= 0.6 is 0 Å². The highest BCUT2D eigenvalue weighted by molar-refractivity contribution is 5.94. The summed E-state index contributed by atoms with van der Waals surface area (Å²) < 4.78 is 0. The molecule has 0 spiro atoms. The van der Waals surface area contributed by atoms with Gasteiger partial charge in [0.25, 0.3) is 0 Å². The second-order valence-electron chi connectivity index (χ2n) is 4.27. The van der Waals surface area contributed by atoms with Crippen LogP contribution in [0.2, 0.25) is 0 Å². The van der Waals surface area contributed by atoms with Crippen LogP contribution in [0.1, 0.15) is 47.0 Å². The molecule has 1 amide bonds. The lowest BCUT2D eigenvalue weighted by atomic mass is 10.1. The fourth-order valence-electron chi connectivity index (χ4n) is 1.14. The highest BCUT2D eigenvalue weighted by Crippen LogP contribution is 2.34. The fourth-order valence-corrected chi connectivity index (χ4v) is 1.14. The quantitative estimate of drug-likeness (QED) is 0.665. The number of carbonyl (C=O) groups is 1. The summed E-state index contributed by atoms with van der Waals surface area (Å²) in [4.78, 5) is 11.6. The molecule has 2 heteroatoms. The van der Waals surface area contributed by atoms with Crippen LogP contribution in [-0.2, 0) is 4.79 Å². The van der Waals surface area contributed by atoms with Gasteiger partial charge in [-0.3, -0.25) is 4.79 Å². The summed E-state index contributed by atoms with van der Waals surface area (Å²) in [6.07, 6.45) is 3.20. The molecule has 1 fully saturated rings. The molecule has 74 valence electrons. The summed E-state index contributed by atoms with van der Waals surface area (Å²) in [5.41, 5.74) is 2.17. The van der Waals surface area contributed by atoms with E-state index in [4.69, 9.17) is 0 Å². The third-order valence-corrected chi connectivity index (χ3v) is 2.93. The molecule has 13 heavy (non-hydrogen) atoms. The second kappa shape index (κ2) is 3.52. The van der Waals surface area contributed by atoms with Gasteiger partial charge in [0.15, 0.2) is 0 Å². The molecule has 0 aromatic heterocycles. The number of hydrogen-bond acceptors (Lipinski definition) is 1. The molecule has 2 nitrogen and oxygen atoms in total. The van der Waals surface area contributed by atoms with Crippen molar-refractivity contribution in [3.63, 3.8) is 0 Å². The Morgan fingerprint density at radius 1 is 1.38 bits per heavy atom. The lowest BCUT2D eigenvalue weighted by Gasteiger charge is -2.12. The topological polar surface area (TPSA) is 29.1 Å². The van der Waals surface area contributed by atoms with Gasteiger partial charge in [0.1, 0.15) is 0 Å². The Bertz CT molecular complexity index is 249. The van der Waals surface area contributed by atoms with Gasteiger partial charge < -0.3 is 5.32 Å². The summed E-state index contributed by atoms with van der Waals surface area (Å²) in [5.74, 6) is 0.111. The summed E-state index contributed by atoms with van der Waals surface area (Å²) >= 11 is 0. The second-order valence-corrected chi connectivity index (χ2v) is 4.27. The SMILES string of the molecule is CC/C(C)=C(\C)C(=O)NC1(C)CC1. The highest BCUT2D eigenvalue weighted by Gasteiger charge is 2.38. The lowest BCUT2D eigenvalue weighted by Crippen LogP contribution is -2.35. The van der Waals surface area contributed by atoms with Crippen molar-refractivity contribution in [2.75, 3.05) is 0 Å². The Morgan fingerprint density at radius 2 is 1.92 bits per heavy atom. The van der Waals surface area contributed by atoms with Gasteiger partial charge in [0.05, 0.1) is 0 Å². The maximum atomic E-state index is 11.6. The Balaban J connectivity index is 2.57. The molecule has 1 aliphatic carbocycles. The van der Waals surface area contributed by atoms with E-state index in [0.29, 0.717) is 0 Å². The third kappa shape index (κ3) is 2.58. The maximum absolute atomic E-state index is 11.6. The smallest absolute Gasteiger partial charge is 0.247 e. The van der Waals surface area contributed by atoms with Crippen molar-refractivity contribution in [2.45, 2.75) is 52.5 Å². The van der Waals surface area contributed by atoms with E-state index in [-0.39, 0.29) is 11.4 Å². The summed E-state index contributed by atoms with van der Waals surface area (Å²) in [6, 6.07) is 0. The largest absolute Gasteiger partial charge is 0.347 e. The predicted molar refractivity (Wildman–Crippen MR) is 54.4 cm³/mol. The first-order valence-corrected chi connectivity index (χ1v) is 4.97.